The maximum Gasteiger partial charge on any atom is 0.134 e. The summed E-state index contributed by atoms with van der Waals surface area (Å²) >= 11 is 0. The van der Waals surface area contributed by atoms with Crippen molar-refractivity contribution in [3.63, 3.8) is 0 Å². The average molecular weight is 205 g/mol. The number of ether oxygens (including phenoxy) is 1. The van der Waals surface area contributed by atoms with Crippen molar-refractivity contribution in [2.24, 2.45) is 5.73 Å². The molecule has 1 aromatic carbocycles. The molecule has 0 radical (unpaired) electrons. The van der Waals surface area contributed by atoms with E-state index in [2.05, 4.69) is 0 Å². The van der Waals surface area contributed by atoms with Gasteiger partial charge >= 0.3 is 0 Å². The van der Waals surface area contributed by atoms with E-state index in [4.69, 9.17) is 14.9 Å². The lowest BCUT2D eigenvalue weighted by atomic mass is 10.1. The predicted molar refractivity (Wildman–Crippen MR) is 60.1 cm³/mol. The SMILES string of the molecule is COc1ccc2oc(C)c([C@@H](C)N)c2c1. The van der Waals surface area contributed by atoms with Crippen LogP contribution in [0.5, 0.6) is 5.75 Å². The van der Waals surface area contributed by atoms with E-state index in [1.807, 2.05) is 32.0 Å². The molecule has 2 aromatic rings. The van der Waals surface area contributed by atoms with Gasteiger partial charge < -0.3 is 14.9 Å². The zero-order chi connectivity index (χ0) is 11.0. The second-order valence-corrected chi connectivity index (χ2v) is 3.72. The lowest BCUT2D eigenvalue weighted by Gasteiger charge is -2.04. The topological polar surface area (TPSA) is 48.4 Å². The van der Waals surface area contributed by atoms with Crippen LogP contribution in [0.4, 0.5) is 0 Å². The molecule has 15 heavy (non-hydrogen) atoms. The molecule has 0 fully saturated rings. The van der Waals surface area contributed by atoms with Gasteiger partial charge in [0, 0.05) is 17.0 Å². The van der Waals surface area contributed by atoms with Crippen LogP contribution in [0.2, 0.25) is 0 Å². The van der Waals surface area contributed by atoms with E-state index in [1.165, 1.54) is 0 Å². The Hall–Kier alpha value is -1.48. The number of benzene rings is 1. The molecular formula is C12H15NO2. The standard InChI is InChI=1S/C12H15NO2/c1-7(13)12-8(2)15-11-5-4-9(14-3)6-10(11)12/h4-7H,13H2,1-3H3/t7-/m1/s1. The Morgan fingerprint density at radius 3 is 2.73 bits per heavy atom. The smallest absolute Gasteiger partial charge is 0.134 e. The van der Waals surface area contributed by atoms with Gasteiger partial charge in [0.05, 0.1) is 7.11 Å². The van der Waals surface area contributed by atoms with Crippen LogP contribution >= 0.6 is 0 Å². The van der Waals surface area contributed by atoms with Crippen LogP contribution < -0.4 is 10.5 Å². The number of fused-ring (bicyclic) bond motifs is 1. The molecule has 3 heteroatoms. The third-order valence-electron chi connectivity index (χ3n) is 2.57. The molecule has 0 saturated carbocycles. The van der Waals surface area contributed by atoms with Crippen LogP contribution in [0.25, 0.3) is 11.0 Å². The average Bonchev–Trinajstić information content (AvgIpc) is 2.52. The van der Waals surface area contributed by atoms with Crippen LogP contribution in [0, 0.1) is 6.92 Å². The normalized spacial score (nSPS) is 13.1. The number of furan rings is 1. The van der Waals surface area contributed by atoms with Crippen molar-refractivity contribution in [1.82, 2.24) is 0 Å². The highest BCUT2D eigenvalue weighted by Crippen LogP contribution is 2.31. The number of hydrogen-bond donors (Lipinski definition) is 1. The summed E-state index contributed by atoms with van der Waals surface area (Å²) in [6.45, 7) is 3.89. The Labute approximate surface area is 88.8 Å². The zero-order valence-corrected chi connectivity index (χ0v) is 9.20. The van der Waals surface area contributed by atoms with Crippen LogP contribution in [-0.4, -0.2) is 7.11 Å². The minimum Gasteiger partial charge on any atom is -0.497 e. The second kappa shape index (κ2) is 3.59. The van der Waals surface area contributed by atoms with Crippen molar-refractivity contribution in [3.8, 4) is 5.75 Å². The van der Waals surface area contributed by atoms with Crippen molar-refractivity contribution in [3.05, 3.63) is 29.5 Å². The minimum atomic E-state index is -0.0293. The summed E-state index contributed by atoms with van der Waals surface area (Å²) in [4.78, 5) is 0. The Bertz CT molecular complexity index is 486. The summed E-state index contributed by atoms with van der Waals surface area (Å²) in [5, 5.41) is 1.04. The Kier molecular flexibility index (Phi) is 2.40. The zero-order valence-electron chi connectivity index (χ0n) is 9.20. The molecule has 1 heterocycles. The Morgan fingerprint density at radius 1 is 1.40 bits per heavy atom. The van der Waals surface area contributed by atoms with Gasteiger partial charge in [-0.1, -0.05) is 0 Å². The molecule has 80 valence electrons. The minimum absolute atomic E-state index is 0.0293. The first-order valence-corrected chi connectivity index (χ1v) is 4.96. The molecule has 0 bridgehead atoms. The van der Waals surface area contributed by atoms with E-state index in [9.17, 15) is 0 Å². The highest BCUT2D eigenvalue weighted by atomic mass is 16.5. The van der Waals surface area contributed by atoms with Gasteiger partial charge in [-0.15, -0.1) is 0 Å². The summed E-state index contributed by atoms with van der Waals surface area (Å²) in [7, 11) is 1.65. The number of hydrogen-bond acceptors (Lipinski definition) is 3. The summed E-state index contributed by atoms with van der Waals surface area (Å²) in [5.74, 6) is 1.71. The monoisotopic (exact) mass is 205 g/mol. The van der Waals surface area contributed by atoms with Gasteiger partial charge in [0.25, 0.3) is 0 Å². The van der Waals surface area contributed by atoms with E-state index in [-0.39, 0.29) is 6.04 Å². The van der Waals surface area contributed by atoms with E-state index in [0.717, 1.165) is 28.0 Å². The molecule has 1 atom stereocenters. The van der Waals surface area contributed by atoms with Crippen molar-refractivity contribution in [2.75, 3.05) is 7.11 Å². The first kappa shape index (κ1) is 10.1. The van der Waals surface area contributed by atoms with Gasteiger partial charge in [-0.05, 0) is 32.0 Å². The fourth-order valence-electron chi connectivity index (χ4n) is 1.91. The lowest BCUT2D eigenvalue weighted by Crippen LogP contribution is -2.05. The third kappa shape index (κ3) is 1.59. The number of aryl methyl sites for hydroxylation is 1. The third-order valence-corrected chi connectivity index (χ3v) is 2.57. The first-order chi connectivity index (χ1) is 7.13. The van der Waals surface area contributed by atoms with Gasteiger partial charge in [0.1, 0.15) is 17.1 Å². The van der Waals surface area contributed by atoms with Crippen LogP contribution in [0.3, 0.4) is 0 Å². The molecule has 0 aliphatic rings. The van der Waals surface area contributed by atoms with E-state index >= 15 is 0 Å². The predicted octanol–water partition coefficient (Wildman–Crippen LogP) is 2.77. The van der Waals surface area contributed by atoms with Crippen LogP contribution in [0.15, 0.2) is 22.6 Å². The van der Waals surface area contributed by atoms with E-state index < -0.39 is 0 Å². The molecule has 0 unspecified atom stereocenters. The molecule has 0 saturated heterocycles. The fraction of sp³-hybridized carbons (Fsp3) is 0.333. The molecule has 0 amide bonds. The molecule has 1 aromatic heterocycles. The maximum atomic E-state index is 5.92. The van der Waals surface area contributed by atoms with E-state index in [0.29, 0.717) is 0 Å². The van der Waals surface area contributed by atoms with Gasteiger partial charge in [-0.25, -0.2) is 0 Å². The quantitative estimate of drug-likeness (QED) is 0.820. The van der Waals surface area contributed by atoms with Crippen molar-refractivity contribution < 1.29 is 9.15 Å². The highest BCUT2D eigenvalue weighted by Gasteiger charge is 2.14. The van der Waals surface area contributed by atoms with Crippen molar-refractivity contribution in [1.29, 1.82) is 0 Å². The van der Waals surface area contributed by atoms with Crippen LogP contribution in [0.1, 0.15) is 24.3 Å². The molecule has 2 N–H and O–H groups in total. The fourth-order valence-corrected chi connectivity index (χ4v) is 1.91. The molecule has 0 aliphatic heterocycles. The number of nitrogens with two attached hydrogens (primary N) is 1. The van der Waals surface area contributed by atoms with Crippen molar-refractivity contribution in [2.45, 2.75) is 19.9 Å². The van der Waals surface area contributed by atoms with Crippen molar-refractivity contribution >= 4 is 11.0 Å². The largest absolute Gasteiger partial charge is 0.497 e. The number of methoxy groups -OCH3 is 1. The molecule has 2 rings (SSSR count). The first-order valence-electron chi connectivity index (χ1n) is 4.96. The Morgan fingerprint density at radius 2 is 2.13 bits per heavy atom. The maximum absolute atomic E-state index is 5.92. The van der Waals surface area contributed by atoms with Gasteiger partial charge in [-0.2, -0.15) is 0 Å². The highest BCUT2D eigenvalue weighted by molar-refractivity contribution is 5.84. The summed E-state index contributed by atoms with van der Waals surface area (Å²) < 4.78 is 10.8. The lowest BCUT2D eigenvalue weighted by molar-refractivity contribution is 0.415. The summed E-state index contributed by atoms with van der Waals surface area (Å²) in [5.41, 5.74) is 7.84. The van der Waals surface area contributed by atoms with Gasteiger partial charge in [0.15, 0.2) is 0 Å². The molecular weight excluding hydrogens is 190 g/mol. The van der Waals surface area contributed by atoms with E-state index in [1.54, 1.807) is 7.11 Å². The Balaban J connectivity index is 2.72. The van der Waals surface area contributed by atoms with Gasteiger partial charge in [0.2, 0.25) is 0 Å². The van der Waals surface area contributed by atoms with Gasteiger partial charge in [-0.3, -0.25) is 0 Å². The number of rotatable bonds is 2. The summed E-state index contributed by atoms with van der Waals surface area (Å²) in [6, 6.07) is 5.73. The van der Waals surface area contributed by atoms with Crippen LogP contribution in [-0.2, 0) is 0 Å². The second-order valence-electron chi connectivity index (χ2n) is 3.72. The molecule has 3 nitrogen and oxygen atoms in total. The summed E-state index contributed by atoms with van der Waals surface area (Å²) in [6.07, 6.45) is 0. The molecule has 0 spiro atoms. The molecule has 0 aliphatic carbocycles.